The van der Waals surface area contributed by atoms with E-state index in [1.807, 2.05) is 32.0 Å². The third kappa shape index (κ3) is 5.10. The van der Waals surface area contributed by atoms with Gasteiger partial charge in [0.05, 0.1) is 34.5 Å². The molecule has 0 fully saturated rings. The highest BCUT2D eigenvalue weighted by atomic mass is 32.2. The Kier molecular flexibility index (Phi) is 6.95. The number of ether oxygens (including phenoxy) is 1. The van der Waals surface area contributed by atoms with Crippen LogP contribution >= 0.6 is 11.3 Å². The van der Waals surface area contributed by atoms with Gasteiger partial charge in [0.15, 0.2) is 15.0 Å². The van der Waals surface area contributed by atoms with Crippen molar-refractivity contribution in [3.63, 3.8) is 0 Å². The molecule has 2 heterocycles. The zero-order valence-corrected chi connectivity index (χ0v) is 20.8. The van der Waals surface area contributed by atoms with Gasteiger partial charge in [0.25, 0.3) is 0 Å². The van der Waals surface area contributed by atoms with Crippen LogP contribution < -0.4 is 9.64 Å². The predicted molar refractivity (Wildman–Crippen MR) is 134 cm³/mol. The van der Waals surface area contributed by atoms with E-state index in [2.05, 4.69) is 4.98 Å². The van der Waals surface area contributed by atoms with E-state index in [4.69, 9.17) is 9.72 Å². The van der Waals surface area contributed by atoms with Crippen LogP contribution in [0.2, 0.25) is 0 Å². The maximum absolute atomic E-state index is 13.3. The van der Waals surface area contributed by atoms with E-state index in [-0.39, 0.29) is 29.5 Å². The van der Waals surface area contributed by atoms with Crippen LogP contribution in [0.25, 0.3) is 10.2 Å². The van der Waals surface area contributed by atoms with Gasteiger partial charge in [0, 0.05) is 18.8 Å². The van der Waals surface area contributed by atoms with Crippen molar-refractivity contribution >= 4 is 42.4 Å². The Balaban J connectivity index is 1.61. The van der Waals surface area contributed by atoms with Gasteiger partial charge in [0.2, 0.25) is 5.91 Å². The van der Waals surface area contributed by atoms with Gasteiger partial charge in [-0.2, -0.15) is 0 Å². The maximum atomic E-state index is 13.3. The SMILES string of the molecule is COc1ccc(S(=O)(=O)CCC(=O)N(Cc2cccnc2)c2nc3c(C)c(C)ccc3s2)cc1. The topological polar surface area (TPSA) is 89.5 Å². The van der Waals surface area contributed by atoms with Crippen LogP contribution in [0.4, 0.5) is 5.13 Å². The molecule has 0 bridgehead atoms. The Labute approximate surface area is 203 Å². The highest BCUT2D eigenvalue weighted by Crippen LogP contribution is 2.33. The summed E-state index contributed by atoms with van der Waals surface area (Å²) in [7, 11) is -2.12. The number of hydrogen-bond acceptors (Lipinski definition) is 7. The van der Waals surface area contributed by atoms with E-state index in [0.29, 0.717) is 10.9 Å². The molecule has 0 N–H and O–H groups in total. The molecule has 9 heteroatoms. The quantitative estimate of drug-likeness (QED) is 0.352. The summed E-state index contributed by atoms with van der Waals surface area (Å²) >= 11 is 1.42. The molecule has 0 atom stereocenters. The standard InChI is InChI=1S/C25H25N3O4S2/c1-17-6-11-22-24(18(17)2)27-25(33-22)28(16-19-5-4-13-26-15-19)23(29)12-14-34(30,31)21-9-7-20(32-3)8-10-21/h4-11,13,15H,12,14,16H2,1-3H3. The number of methoxy groups -OCH3 is 1. The summed E-state index contributed by atoms with van der Waals surface area (Å²) in [5, 5.41) is 0.541. The van der Waals surface area contributed by atoms with Crippen LogP contribution in [0.3, 0.4) is 0 Å². The zero-order valence-electron chi connectivity index (χ0n) is 19.2. The van der Waals surface area contributed by atoms with Gasteiger partial charge < -0.3 is 4.74 Å². The van der Waals surface area contributed by atoms with Crippen LogP contribution in [-0.2, 0) is 21.2 Å². The average Bonchev–Trinajstić information content (AvgIpc) is 3.29. The molecular formula is C25H25N3O4S2. The number of amides is 1. The Hall–Kier alpha value is -3.30. The zero-order chi connectivity index (χ0) is 24.3. The number of nitrogens with zero attached hydrogens (tertiary/aromatic N) is 3. The predicted octanol–water partition coefficient (Wildman–Crippen LogP) is 4.71. The number of sulfone groups is 1. The number of pyridine rings is 1. The molecule has 0 spiro atoms. The van der Waals surface area contributed by atoms with E-state index in [1.165, 1.54) is 30.6 Å². The number of hydrogen-bond donors (Lipinski definition) is 0. The van der Waals surface area contributed by atoms with Gasteiger partial charge in [-0.15, -0.1) is 0 Å². The molecule has 0 saturated heterocycles. The number of carbonyl (C=O) groups is 1. The normalized spacial score (nSPS) is 11.5. The fourth-order valence-corrected chi connectivity index (χ4v) is 5.80. The fraction of sp³-hybridized carbons (Fsp3) is 0.240. The van der Waals surface area contributed by atoms with Gasteiger partial charge in [-0.3, -0.25) is 14.7 Å². The van der Waals surface area contributed by atoms with Crippen molar-refractivity contribution in [3.05, 3.63) is 77.6 Å². The average molecular weight is 496 g/mol. The van der Waals surface area contributed by atoms with Crippen LogP contribution in [-0.4, -0.2) is 37.2 Å². The Morgan fingerprint density at radius 2 is 1.85 bits per heavy atom. The fourth-order valence-electron chi connectivity index (χ4n) is 3.52. The first-order chi connectivity index (χ1) is 16.3. The maximum Gasteiger partial charge on any atom is 0.230 e. The Morgan fingerprint density at radius 1 is 1.09 bits per heavy atom. The molecule has 0 aliphatic rings. The molecule has 4 rings (SSSR count). The first kappa shape index (κ1) is 23.8. The first-order valence-electron chi connectivity index (χ1n) is 10.7. The summed E-state index contributed by atoms with van der Waals surface area (Å²) in [4.78, 5) is 23.9. The van der Waals surface area contributed by atoms with E-state index in [9.17, 15) is 13.2 Å². The lowest BCUT2D eigenvalue weighted by Crippen LogP contribution is -2.31. The minimum absolute atomic E-state index is 0.158. The first-order valence-corrected chi connectivity index (χ1v) is 13.2. The number of fused-ring (bicyclic) bond motifs is 1. The minimum atomic E-state index is -3.64. The summed E-state index contributed by atoms with van der Waals surface area (Å²) in [5.74, 6) is -0.0431. The minimum Gasteiger partial charge on any atom is -0.497 e. The Bertz CT molecular complexity index is 1420. The lowest BCUT2D eigenvalue weighted by Gasteiger charge is -2.20. The monoisotopic (exact) mass is 495 g/mol. The number of benzene rings is 2. The number of aromatic nitrogens is 2. The number of anilines is 1. The molecule has 0 saturated carbocycles. The van der Waals surface area contributed by atoms with Crippen LogP contribution in [0.15, 0.2) is 65.8 Å². The molecule has 1 amide bonds. The molecule has 7 nitrogen and oxygen atoms in total. The van der Waals surface area contributed by atoms with Crippen molar-refractivity contribution in [2.24, 2.45) is 0 Å². The highest BCUT2D eigenvalue weighted by molar-refractivity contribution is 7.91. The number of carbonyl (C=O) groups excluding carboxylic acids is 1. The smallest absolute Gasteiger partial charge is 0.230 e. The van der Waals surface area contributed by atoms with Gasteiger partial charge in [-0.05, 0) is 66.9 Å². The summed E-state index contributed by atoms with van der Waals surface area (Å²) in [6.07, 6.45) is 3.20. The molecule has 0 aliphatic heterocycles. The molecule has 176 valence electrons. The molecule has 34 heavy (non-hydrogen) atoms. The lowest BCUT2D eigenvalue weighted by molar-refractivity contribution is -0.118. The molecule has 2 aromatic carbocycles. The summed E-state index contributed by atoms with van der Waals surface area (Å²) in [5.41, 5.74) is 3.88. The van der Waals surface area contributed by atoms with Crippen LogP contribution in [0, 0.1) is 13.8 Å². The van der Waals surface area contributed by atoms with Gasteiger partial charge >= 0.3 is 0 Å². The highest BCUT2D eigenvalue weighted by Gasteiger charge is 2.24. The third-order valence-electron chi connectivity index (χ3n) is 5.67. The summed E-state index contributed by atoms with van der Waals surface area (Å²) in [6, 6.07) is 13.9. The molecular weight excluding hydrogens is 470 g/mol. The van der Waals surface area contributed by atoms with Crippen LogP contribution in [0.1, 0.15) is 23.1 Å². The second-order valence-corrected chi connectivity index (χ2v) is 11.1. The number of rotatable bonds is 8. The summed E-state index contributed by atoms with van der Waals surface area (Å²) in [6.45, 7) is 4.29. The Morgan fingerprint density at radius 3 is 2.53 bits per heavy atom. The molecule has 2 aromatic heterocycles. The van der Waals surface area contributed by atoms with E-state index >= 15 is 0 Å². The third-order valence-corrected chi connectivity index (χ3v) is 8.45. The van der Waals surface area contributed by atoms with E-state index in [1.54, 1.807) is 35.5 Å². The van der Waals surface area contributed by atoms with Gasteiger partial charge in [0.1, 0.15) is 5.75 Å². The number of aryl methyl sites for hydroxylation is 2. The summed E-state index contributed by atoms with van der Waals surface area (Å²) < 4.78 is 31.8. The number of thiazole rings is 1. The van der Waals surface area contributed by atoms with Gasteiger partial charge in [-0.25, -0.2) is 13.4 Å². The van der Waals surface area contributed by atoms with Crippen molar-refractivity contribution in [1.29, 1.82) is 0 Å². The van der Waals surface area contributed by atoms with Crippen molar-refractivity contribution in [2.75, 3.05) is 17.8 Å². The second kappa shape index (κ2) is 9.90. The molecule has 0 unspecified atom stereocenters. The van der Waals surface area contributed by atoms with Gasteiger partial charge in [-0.1, -0.05) is 23.5 Å². The van der Waals surface area contributed by atoms with Crippen LogP contribution in [0.5, 0.6) is 5.75 Å². The van der Waals surface area contributed by atoms with Crippen molar-refractivity contribution in [2.45, 2.75) is 31.7 Å². The van der Waals surface area contributed by atoms with E-state index in [0.717, 1.165) is 26.9 Å². The molecule has 0 aliphatic carbocycles. The second-order valence-electron chi connectivity index (χ2n) is 7.94. The lowest BCUT2D eigenvalue weighted by atomic mass is 10.1. The van der Waals surface area contributed by atoms with E-state index < -0.39 is 9.84 Å². The molecule has 0 radical (unpaired) electrons. The van der Waals surface area contributed by atoms with Crippen molar-refractivity contribution < 1.29 is 17.9 Å². The van der Waals surface area contributed by atoms with Crippen molar-refractivity contribution in [3.8, 4) is 5.75 Å². The van der Waals surface area contributed by atoms with Crippen molar-refractivity contribution in [1.82, 2.24) is 9.97 Å². The molecule has 4 aromatic rings. The largest absolute Gasteiger partial charge is 0.497 e.